The first kappa shape index (κ1) is 24.0. The van der Waals surface area contributed by atoms with Crippen LogP contribution in [-0.2, 0) is 4.74 Å². The molecule has 2 aromatic carbocycles. The molecular formula is C27H30N4O2S. The molecule has 2 heterocycles. The first-order valence-corrected chi connectivity index (χ1v) is 11.9. The number of rotatable bonds is 6. The topological polar surface area (TPSA) is 71.7 Å². The van der Waals surface area contributed by atoms with E-state index in [1.807, 2.05) is 43.3 Å². The van der Waals surface area contributed by atoms with Crippen LogP contribution in [0, 0.1) is 0 Å². The molecule has 2 atom stereocenters. The fraction of sp³-hybridized carbons (Fsp3) is 0.296. The summed E-state index contributed by atoms with van der Waals surface area (Å²) in [6.07, 6.45) is 1.95. The summed E-state index contributed by atoms with van der Waals surface area (Å²) in [5, 5.41) is 0. The van der Waals surface area contributed by atoms with Gasteiger partial charge in [-0.25, -0.2) is 4.79 Å². The van der Waals surface area contributed by atoms with Crippen LogP contribution in [0.4, 0.5) is 0 Å². The molecule has 0 amide bonds. The maximum Gasteiger partial charge on any atom is 0.339 e. The summed E-state index contributed by atoms with van der Waals surface area (Å²) in [6.45, 7) is 3.43. The van der Waals surface area contributed by atoms with Gasteiger partial charge in [-0.1, -0.05) is 79.8 Å². The number of benzene rings is 2. The fourth-order valence-corrected chi connectivity index (χ4v) is 4.98. The van der Waals surface area contributed by atoms with Crippen molar-refractivity contribution >= 4 is 23.2 Å². The number of pyridine rings is 1. The van der Waals surface area contributed by atoms with Gasteiger partial charge in [0.15, 0.2) is 0 Å². The highest BCUT2D eigenvalue weighted by molar-refractivity contribution is 7.80. The molecule has 2 unspecified atom stereocenters. The molecule has 6 nitrogen and oxygen atoms in total. The van der Waals surface area contributed by atoms with Crippen molar-refractivity contribution < 1.29 is 9.53 Å². The van der Waals surface area contributed by atoms with E-state index in [-0.39, 0.29) is 12.1 Å². The zero-order chi connectivity index (χ0) is 24.1. The molecule has 1 aliphatic rings. The molecule has 0 saturated carbocycles. The molecule has 3 aromatic rings. The minimum absolute atomic E-state index is 0.0803. The summed E-state index contributed by atoms with van der Waals surface area (Å²) in [4.78, 5) is 22.6. The van der Waals surface area contributed by atoms with Gasteiger partial charge in [0.2, 0.25) is 0 Å². The Balaban J connectivity index is 1.89. The van der Waals surface area contributed by atoms with E-state index in [0.29, 0.717) is 24.3 Å². The van der Waals surface area contributed by atoms with Crippen molar-refractivity contribution in [1.29, 1.82) is 0 Å². The summed E-state index contributed by atoms with van der Waals surface area (Å²) < 4.78 is 5.09. The van der Waals surface area contributed by atoms with Gasteiger partial charge in [0.1, 0.15) is 0 Å². The van der Waals surface area contributed by atoms with Gasteiger partial charge in [0.05, 0.1) is 41.6 Å². The number of ether oxygens (including phenoxy) is 1. The quantitative estimate of drug-likeness (QED) is 0.421. The third-order valence-corrected chi connectivity index (χ3v) is 6.87. The molecular weight excluding hydrogens is 444 g/mol. The van der Waals surface area contributed by atoms with E-state index >= 15 is 0 Å². The van der Waals surface area contributed by atoms with Crippen molar-refractivity contribution in [1.82, 2.24) is 14.8 Å². The maximum absolute atomic E-state index is 12.7. The second-order valence-electron chi connectivity index (χ2n) is 8.27. The summed E-state index contributed by atoms with van der Waals surface area (Å²) in [5.74, 6) is -0.429. The zero-order valence-electron chi connectivity index (χ0n) is 19.5. The number of nitrogens with two attached hydrogens (primary N) is 1. The van der Waals surface area contributed by atoms with Crippen LogP contribution >= 0.6 is 12.2 Å². The Hall–Kier alpha value is -3.13. The third kappa shape index (κ3) is 4.73. The van der Waals surface area contributed by atoms with E-state index in [0.717, 1.165) is 22.5 Å². The summed E-state index contributed by atoms with van der Waals surface area (Å²) in [7, 11) is 1.38. The fourth-order valence-electron chi connectivity index (χ4n) is 4.76. The lowest BCUT2D eigenvalue weighted by atomic mass is 9.91. The largest absolute Gasteiger partial charge is 0.465 e. The first-order valence-electron chi connectivity index (χ1n) is 11.5. The van der Waals surface area contributed by atoms with Gasteiger partial charge in [-0.2, -0.15) is 0 Å². The van der Waals surface area contributed by atoms with Gasteiger partial charge >= 0.3 is 5.97 Å². The predicted molar refractivity (Wildman–Crippen MR) is 137 cm³/mol. The minimum Gasteiger partial charge on any atom is -0.465 e. The van der Waals surface area contributed by atoms with Crippen LogP contribution in [0.15, 0.2) is 79.0 Å². The number of carbonyl (C=O) groups excluding carboxylic acids is 1. The van der Waals surface area contributed by atoms with Crippen LogP contribution < -0.4 is 5.73 Å². The number of thiocarbonyl (C=S) groups is 1. The molecule has 34 heavy (non-hydrogen) atoms. The number of aromatic nitrogens is 1. The highest BCUT2D eigenvalue weighted by Crippen LogP contribution is 2.40. The lowest BCUT2D eigenvalue weighted by Gasteiger charge is -2.50. The summed E-state index contributed by atoms with van der Waals surface area (Å²) in [5.41, 5.74) is 10.2. The molecule has 1 aliphatic heterocycles. The number of methoxy groups -OCH3 is 1. The Labute approximate surface area is 206 Å². The average Bonchev–Trinajstić information content (AvgIpc) is 2.89. The highest BCUT2D eigenvalue weighted by Gasteiger charge is 2.42. The Bertz CT molecular complexity index is 1090. The molecule has 1 aromatic heterocycles. The van der Waals surface area contributed by atoms with Crippen LogP contribution in [0.5, 0.6) is 0 Å². The normalized spacial score (nSPS) is 18.6. The number of hydrogen-bond acceptors (Lipinski definition) is 6. The Morgan fingerprint density at radius 3 is 2.24 bits per heavy atom. The van der Waals surface area contributed by atoms with Crippen molar-refractivity contribution in [3.63, 3.8) is 0 Å². The lowest BCUT2D eigenvalue weighted by Crippen LogP contribution is -2.61. The van der Waals surface area contributed by atoms with Crippen molar-refractivity contribution in [3.05, 3.63) is 101 Å². The van der Waals surface area contributed by atoms with Crippen molar-refractivity contribution in [2.24, 2.45) is 5.73 Å². The summed E-state index contributed by atoms with van der Waals surface area (Å²) >= 11 is 5.67. The molecule has 1 fully saturated rings. The molecule has 1 saturated heterocycles. The van der Waals surface area contributed by atoms with E-state index in [2.05, 4.69) is 39.0 Å². The van der Waals surface area contributed by atoms with Crippen LogP contribution in [0.3, 0.4) is 0 Å². The minimum atomic E-state index is -0.477. The van der Waals surface area contributed by atoms with E-state index < -0.39 is 12.1 Å². The molecule has 0 spiro atoms. The number of nitrogens with zero attached hydrogens (tertiary/aromatic N) is 3. The van der Waals surface area contributed by atoms with E-state index in [1.54, 1.807) is 18.3 Å². The SMILES string of the molecule is CCC(=S)N1CCN(C(c2ccccc2)c2ccccc2)C(c2ncccc2C(=O)OC)C1N. The Morgan fingerprint density at radius 2 is 1.68 bits per heavy atom. The Kier molecular flexibility index (Phi) is 7.67. The molecule has 2 N–H and O–H groups in total. The van der Waals surface area contributed by atoms with Crippen LogP contribution in [0.25, 0.3) is 0 Å². The third-order valence-electron chi connectivity index (χ3n) is 6.35. The van der Waals surface area contributed by atoms with Crippen molar-refractivity contribution in [2.45, 2.75) is 31.6 Å². The molecule has 0 aliphatic carbocycles. The van der Waals surface area contributed by atoms with E-state index in [4.69, 9.17) is 22.7 Å². The predicted octanol–water partition coefficient (Wildman–Crippen LogP) is 4.34. The zero-order valence-corrected chi connectivity index (χ0v) is 20.3. The molecule has 176 valence electrons. The maximum atomic E-state index is 12.7. The van der Waals surface area contributed by atoms with Gasteiger partial charge in [0, 0.05) is 19.3 Å². The summed E-state index contributed by atoms with van der Waals surface area (Å²) in [6, 6.07) is 23.7. The molecule has 7 heteroatoms. The monoisotopic (exact) mass is 474 g/mol. The number of piperazine rings is 1. The standard InChI is InChI=1S/C27H30N4O2S/c1-3-22(34)30-17-18-31(24(19-11-6-4-7-12-19)20-13-8-5-9-14-20)25(26(30)28)23-21(27(32)33-2)15-10-16-29-23/h4-16,24-26H,3,17-18,28H2,1-2H3. The Morgan fingerprint density at radius 1 is 1.06 bits per heavy atom. The van der Waals surface area contributed by atoms with Gasteiger partial charge in [-0.3, -0.25) is 9.88 Å². The van der Waals surface area contributed by atoms with Gasteiger partial charge < -0.3 is 15.4 Å². The van der Waals surface area contributed by atoms with Crippen LogP contribution in [0.1, 0.15) is 52.6 Å². The van der Waals surface area contributed by atoms with E-state index in [1.165, 1.54) is 7.11 Å². The van der Waals surface area contributed by atoms with Gasteiger partial charge in [0.25, 0.3) is 0 Å². The smallest absolute Gasteiger partial charge is 0.339 e. The van der Waals surface area contributed by atoms with E-state index in [9.17, 15) is 4.79 Å². The number of hydrogen-bond donors (Lipinski definition) is 1. The second kappa shape index (κ2) is 10.9. The first-order chi connectivity index (χ1) is 16.6. The van der Waals surface area contributed by atoms with Crippen molar-refractivity contribution in [2.75, 3.05) is 20.2 Å². The number of esters is 1. The van der Waals surface area contributed by atoms with Gasteiger partial charge in [-0.15, -0.1) is 0 Å². The average molecular weight is 475 g/mol. The van der Waals surface area contributed by atoms with Crippen molar-refractivity contribution in [3.8, 4) is 0 Å². The number of carbonyl (C=O) groups is 1. The molecule has 4 rings (SSSR count). The highest BCUT2D eigenvalue weighted by atomic mass is 32.1. The van der Waals surface area contributed by atoms with Crippen LogP contribution in [0.2, 0.25) is 0 Å². The second-order valence-corrected chi connectivity index (χ2v) is 8.74. The molecule has 0 radical (unpaired) electrons. The van der Waals surface area contributed by atoms with Crippen LogP contribution in [-0.4, -0.2) is 52.1 Å². The lowest BCUT2D eigenvalue weighted by molar-refractivity contribution is 0.0340. The van der Waals surface area contributed by atoms with Gasteiger partial charge in [-0.05, 0) is 29.7 Å². The molecule has 0 bridgehead atoms.